The number of benzene rings is 2. The van der Waals surface area contributed by atoms with Crippen molar-refractivity contribution in [2.24, 2.45) is 0 Å². The Bertz CT molecular complexity index is 774. The van der Waals surface area contributed by atoms with Gasteiger partial charge in [-0.3, -0.25) is 0 Å². The Hall–Kier alpha value is -1.77. The summed E-state index contributed by atoms with van der Waals surface area (Å²) < 4.78 is 0. The second kappa shape index (κ2) is 5.21. The summed E-state index contributed by atoms with van der Waals surface area (Å²) in [5, 5.41) is 5.69. The van der Waals surface area contributed by atoms with Crippen LogP contribution in [0.2, 0.25) is 5.02 Å². The van der Waals surface area contributed by atoms with E-state index in [4.69, 9.17) is 11.6 Å². The molecular weight excluding hydrogens is 280 g/mol. The molecule has 1 atom stereocenters. The second-order valence-corrected chi connectivity index (χ2v) is 6.06. The quantitative estimate of drug-likeness (QED) is 0.695. The molecule has 0 amide bonds. The molecule has 1 aliphatic heterocycles. The number of H-pyrrole nitrogens is 1. The number of aromatic nitrogens is 1. The van der Waals surface area contributed by atoms with E-state index in [-0.39, 0.29) is 0 Å². The van der Waals surface area contributed by atoms with E-state index >= 15 is 0 Å². The SMILES string of the molecule is Clc1ccc(C2CNCCc3[nH]c4ccccc4c32)cc1. The molecule has 2 heterocycles. The van der Waals surface area contributed by atoms with Crippen molar-refractivity contribution < 1.29 is 0 Å². The Morgan fingerprint density at radius 1 is 1.00 bits per heavy atom. The van der Waals surface area contributed by atoms with Crippen molar-refractivity contribution in [1.82, 2.24) is 10.3 Å². The van der Waals surface area contributed by atoms with Gasteiger partial charge < -0.3 is 10.3 Å². The smallest absolute Gasteiger partial charge is 0.0459 e. The number of rotatable bonds is 1. The first-order valence-corrected chi connectivity index (χ1v) is 7.76. The van der Waals surface area contributed by atoms with Gasteiger partial charge in [0.1, 0.15) is 0 Å². The molecule has 0 saturated carbocycles. The summed E-state index contributed by atoms with van der Waals surface area (Å²) in [6.45, 7) is 1.99. The third-order valence-electron chi connectivity index (χ3n) is 4.35. The molecule has 1 unspecified atom stereocenters. The molecule has 4 rings (SSSR count). The fourth-order valence-corrected chi connectivity index (χ4v) is 3.48. The van der Waals surface area contributed by atoms with Crippen LogP contribution in [0.4, 0.5) is 0 Å². The highest BCUT2D eigenvalue weighted by molar-refractivity contribution is 6.30. The second-order valence-electron chi connectivity index (χ2n) is 5.62. The monoisotopic (exact) mass is 296 g/mol. The standard InChI is InChI=1S/C18H17ClN2/c19-13-7-5-12(6-8-13)15-11-20-10-9-17-18(15)14-3-1-2-4-16(14)21-17/h1-8,15,20-21H,9-11H2. The summed E-state index contributed by atoms with van der Waals surface area (Å²) in [6.07, 6.45) is 1.05. The molecular formula is C18H17ClN2. The average Bonchev–Trinajstić information content (AvgIpc) is 2.74. The van der Waals surface area contributed by atoms with Crippen LogP contribution in [0.15, 0.2) is 48.5 Å². The van der Waals surface area contributed by atoms with Crippen LogP contribution in [-0.4, -0.2) is 18.1 Å². The van der Waals surface area contributed by atoms with Gasteiger partial charge in [-0.1, -0.05) is 41.9 Å². The van der Waals surface area contributed by atoms with E-state index in [0.717, 1.165) is 24.5 Å². The number of para-hydroxylation sites is 1. The van der Waals surface area contributed by atoms with Crippen LogP contribution in [0.3, 0.4) is 0 Å². The average molecular weight is 297 g/mol. The lowest BCUT2D eigenvalue weighted by Crippen LogP contribution is -2.21. The minimum absolute atomic E-state index is 0.371. The van der Waals surface area contributed by atoms with E-state index in [1.165, 1.54) is 27.7 Å². The van der Waals surface area contributed by atoms with Gasteiger partial charge >= 0.3 is 0 Å². The zero-order chi connectivity index (χ0) is 14.2. The van der Waals surface area contributed by atoms with E-state index < -0.39 is 0 Å². The maximum absolute atomic E-state index is 6.04. The van der Waals surface area contributed by atoms with Crippen molar-refractivity contribution in [3.63, 3.8) is 0 Å². The van der Waals surface area contributed by atoms with Crippen molar-refractivity contribution in [2.75, 3.05) is 13.1 Å². The summed E-state index contributed by atoms with van der Waals surface area (Å²) in [7, 11) is 0. The molecule has 2 N–H and O–H groups in total. The van der Waals surface area contributed by atoms with Gasteiger partial charge in [0.15, 0.2) is 0 Å². The third kappa shape index (κ3) is 2.25. The van der Waals surface area contributed by atoms with Gasteiger partial charge in [-0.15, -0.1) is 0 Å². The Kier molecular flexibility index (Phi) is 3.21. The van der Waals surface area contributed by atoms with Gasteiger partial charge in [0.05, 0.1) is 0 Å². The zero-order valence-corrected chi connectivity index (χ0v) is 12.5. The van der Waals surface area contributed by atoms with Crippen LogP contribution in [0, 0.1) is 0 Å². The van der Waals surface area contributed by atoms with E-state index in [0.29, 0.717) is 5.92 Å². The lowest BCUT2D eigenvalue weighted by atomic mass is 9.89. The van der Waals surface area contributed by atoms with Gasteiger partial charge in [0, 0.05) is 47.0 Å². The fraction of sp³-hybridized carbons (Fsp3) is 0.222. The van der Waals surface area contributed by atoms with Crippen molar-refractivity contribution in [3.05, 3.63) is 70.4 Å². The molecule has 1 aromatic heterocycles. The first-order chi connectivity index (χ1) is 10.3. The topological polar surface area (TPSA) is 27.8 Å². The summed E-state index contributed by atoms with van der Waals surface area (Å²) in [6, 6.07) is 16.8. The maximum Gasteiger partial charge on any atom is 0.0459 e. The number of halogens is 1. The molecule has 2 aromatic carbocycles. The van der Waals surface area contributed by atoms with Gasteiger partial charge in [-0.05, 0) is 29.3 Å². The highest BCUT2D eigenvalue weighted by Gasteiger charge is 2.24. The summed E-state index contributed by atoms with van der Waals surface area (Å²) >= 11 is 6.04. The molecule has 3 aromatic rings. The highest BCUT2D eigenvalue weighted by atomic mass is 35.5. The van der Waals surface area contributed by atoms with Crippen molar-refractivity contribution >= 4 is 22.5 Å². The van der Waals surface area contributed by atoms with E-state index in [1.807, 2.05) is 12.1 Å². The first kappa shape index (κ1) is 12.9. The number of fused-ring (bicyclic) bond motifs is 3. The maximum atomic E-state index is 6.04. The normalized spacial score (nSPS) is 18.4. The van der Waals surface area contributed by atoms with Crippen LogP contribution in [0.5, 0.6) is 0 Å². The highest BCUT2D eigenvalue weighted by Crippen LogP contribution is 2.35. The minimum atomic E-state index is 0.371. The number of hydrogen-bond donors (Lipinski definition) is 2. The molecule has 21 heavy (non-hydrogen) atoms. The fourth-order valence-electron chi connectivity index (χ4n) is 3.36. The number of nitrogens with one attached hydrogen (secondary N) is 2. The summed E-state index contributed by atoms with van der Waals surface area (Å²) in [4.78, 5) is 3.60. The molecule has 106 valence electrons. The van der Waals surface area contributed by atoms with Gasteiger partial charge in [-0.25, -0.2) is 0 Å². The van der Waals surface area contributed by atoms with Crippen LogP contribution in [0.25, 0.3) is 10.9 Å². The molecule has 0 radical (unpaired) electrons. The minimum Gasteiger partial charge on any atom is -0.358 e. The Balaban J connectivity index is 1.91. The lowest BCUT2D eigenvalue weighted by molar-refractivity contribution is 0.665. The molecule has 2 nitrogen and oxygen atoms in total. The summed E-state index contributed by atoms with van der Waals surface area (Å²) in [5.41, 5.74) is 5.36. The van der Waals surface area contributed by atoms with E-state index in [9.17, 15) is 0 Å². The largest absolute Gasteiger partial charge is 0.358 e. The van der Waals surface area contributed by atoms with Crippen molar-refractivity contribution in [2.45, 2.75) is 12.3 Å². The Morgan fingerprint density at radius 3 is 2.67 bits per heavy atom. The van der Waals surface area contributed by atoms with E-state index in [2.05, 4.69) is 46.7 Å². The lowest BCUT2D eigenvalue weighted by Gasteiger charge is -2.17. The van der Waals surface area contributed by atoms with Crippen LogP contribution < -0.4 is 5.32 Å². The zero-order valence-electron chi connectivity index (χ0n) is 11.7. The predicted molar refractivity (Wildman–Crippen MR) is 88.2 cm³/mol. The van der Waals surface area contributed by atoms with Crippen molar-refractivity contribution in [3.8, 4) is 0 Å². The van der Waals surface area contributed by atoms with Crippen LogP contribution in [-0.2, 0) is 6.42 Å². The first-order valence-electron chi connectivity index (χ1n) is 7.38. The van der Waals surface area contributed by atoms with Gasteiger partial charge in [0.2, 0.25) is 0 Å². The number of aromatic amines is 1. The molecule has 1 aliphatic rings. The molecule has 3 heteroatoms. The molecule has 0 spiro atoms. The third-order valence-corrected chi connectivity index (χ3v) is 4.60. The molecule has 0 aliphatic carbocycles. The molecule has 0 fully saturated rings. The molecule has 0 bridgehead atoms. The van der Waals surface area contributed by atoms with E-state index in [1.54, 1.807) is 0 Å². The van der Waals surface area contributed by atoms with Crippen LogP contribution >= 0.6 is 11.6 Å². The summed E-state index contributed by atoms with van der Waals surface area (Å²) in [5.74, 6) is 0.371. The van der Waals surface area contributed by atoms with Gasteiger partial charge in [-0.2, -0.15) is 0 Å². The molecule has 0 saturated heterocycles. The Labute approximate surface area is 129 Å². The Morgan fingerprint density at radius 2 is 1.81 bits per heavy atom. The number of hydrogen-bond acceptors (Lipinski definition) is 1. The predicted octanol–water partition coefficient (Wildman–Crippen LogP) is 4.10. The van der Waals surface area contributed by atoms with Crippen molar-refractivity contribution in [1.29, 1.82) is 0 Å². The van der Waals surface area contributed by atoms with Crippen LogP contribution in [0.1, 0.15) is 22.7 Å². The van der Waals surface area contributed by atoms with Gasteiger partial charge in [0.25, 0.3) is 0 Å².